The molecule has 2 nitrogen and oxygen atoms in total. The Hall–Kier alpha value is -2.35. The van der Waals surface area contributed by atoms with Crippen LogP contribution < -0.4 is 5.32 Å². The highest BCUT2D eigenvalue weighted by atomic mass is 14.9. The normalized spacial score (nSPS) is 19.1. The Kier molecular flexibility index (Phi) is 6.49. The zero-order chi connectivity index (χ0) is 20.1. The van der Waals surface area contributed by atoms with E-state index in [1.54, 1.807) is 0 Å². The van der Waals surface area contributed by atoms with Crippen molar-refractivity contribution in [2.24, 2.45) is 4.99 Å². The second-order valence-electron chi connectivity index (χ2n) is 8.85. The first-order valence-corrected chi connectivity index (χ1v) is 11.4. The van der Waals surface area contributed by atoms with Gasteiger partial charge in [0.1, 0.15) is 0 Å². The molecule has 0 radical (unpaired) electrons. The highest BCUT2D eigenvalue weighted by Gasteiger charge is 2.22. The number of anilines is 1. The standard InChI is InChI=1S/C27H34N2/c1-20(28-25-14-4-3-5-15-25)18-21(2)29-27-19-24(22-10-6-7-11-22)16-17-26(27)23-12-8-9-13-23/h3-5,14-19,22-23,28H,6-13H2,1-2H3/b20-18-,29-21?. The molecule has 0 spiro atoms. The molecule has 4 rings (SSSR count). The number of nitrogens with zero attached hydrogens (tertiary/aromatic N) is 1. The Bertz CT molecular complexity index is 867. The molecule has 0 atom stereocenters. The van der Waals surface area contributed by atoms with Crippen LogP contribution in [0.15, 0.2) is 65.3 Å². The molecular weight excluding hydrogens is 352 g/mol. The van der Waals surface area contributed by atoms with Gasteiger partial charge in [-0.05, 0) is 86.8 Å². The summed E-state index contributed by atoms with van der Waals surface area (Å²) in [4.78, 5) is 5.12. The molecule has 152 valence electrons. The minimum Gasteiger partial charge on any atom is -0.359 e. The predicted molar refractivity (Wildman–Crippen MR) is 125 cm³/mol. The van der Waals surface area contributed by atoms with Gasteiger partial charge in [-0.1, -0.05) is 56.0 Å². The molecule has 2 saturated carbocycles. The van der Waals surface area contributed by atoms with Gasteiger partial charge < -0.3 is 5.32 Å². The van der Waals surface area contributed by atoms with Crippen LogP contribution in [0.5, 0.6) is 0 Å². The van der Waals surface area contributed by atoms with Gasteiger partial charge in [0, 0.05) is 17.1 Å². The van der Waals surface area contributed by atoms with E-state index >= 15 is 0 Å². The van der Waals surface area contributed by atoms with Crippen molar-refractivity contribution in [1.29, 1.82) is 0 Å². The van der Waals surface area contributed by atoms with Crippen molar-refractivity contribution in [3.05, 3.63) is 71.4 Å². The first-order chi connectivity index (χ1) is 14.2. The van der Waals surface area contributed by atoms with E-state index in [0.717, 1.165) is 23.0 Å². The number of hydrogen-bond donors (Lipinski definition) is 1. The van der Waals surface area contributed by atoms with Gasteiger partial charge in [0.05, 0.1) is 5.69 Å². The molecule has 2 heteroatoms. The number of allylic oxidation sites excluding steroid dienone is 2. The van der Waals surface area contributed by atoms with E-state index in [-0.39, 0.29) is 0 Å². The maximum Gasteiger partial charge on any atom is 0.0670 e. The monoisotopic (exact) mass is 386 g/mol. The van der Waals surface area contributed by atoms with Crippen LogP contribution >= 0.6 is 0 Å². The third-order valence-electron chi connectivity index (χ3n) is 6.51. The zero-order valence-electron chi connectivity index (χ0n) is 18.0. The summed E-state index contributed by atoms with van der Waals surface area (Å²) in [6.45, 7) is 4.23. The number of aliphatic imine (C=N–C) groups is 1. The van der Waals surface area contributed by atoms with Crippen LogP contribution in [0.25, 0.3) is 0 Å². The van der Waals surface area contributed by atoms with Gasteiger partial charge in [-0.3, -0.25) is 4.99 Å². The lowest BCUT2D eigenvalue weighted by Gasteiger charge is -2.17. The molecule has 0 bridgehead atoms. The van der Waals surface area contributed by atoms with E-state index in [2.05, 4.69) is 67.7 Å². The second kappa shape index (κ2) is 9.43. The summed E-state index contributed by atoms with van der Waals surface area (Å²) >= 11 is 0. The molecule has 2 aromatic rings. The third-order valence-corrected chi connectivity index (χ3v) is 6.51. The molecule has 2 aromatic carbocycles. The van der Waals surface area contributed by atoms with Crippen LogP contribution in [0, 0.1) is 0 Å². The van der Waals surface area contributed by atoms with Crippen molar-refractivity contribution >= 4 is 17.1 Å². The average molecular weight is 387 g/mol. The highest BCUT2D eigenvalue weighted by molar-refractivity contribution is 5.95. The fourth-order valence-corrected chi connectivity index (χ4v) is 5.07. The molecule has 0 unspecified atom stereocenters. The van der Waals surface area contributed by atoms with Crippen molar-refractivity contribution in [2.45, 2.75) is 77.0 Å². The number of para-hydroxylation sites is 1. The van der Waals surface area contributed by atoms with E-state index in [9.17, 15) is 0 Å². The van der Waals surface area contributed by atoms with E-state index in [4.69, 9.17) is 4.99 Å². The Morgan fingerprint density at radius 1 is 0.862 bits per heavy atom. The van der Waals surface area contributed by atoms with Crippen LogP contribution in [0.3, 0.4) is 0 Å². The van der Waals surface area contributed by atoms with Gasteiger partial charge in [-0.25, -0.2) is 0 Å². The van der Waals surface area contributed by atoms with Crippen molar-refractivity contribution in [3.63, 3.8) is 0 Å². The fraction of sp³-hybridized carbons (Fsp3) is 0.444. The molecule has 29 heavy (non-hydrogen) atoms. The predicted octanol–water partition coefficient (Wildman–Crippen LogP) is 8.11. The summed E-state index contributed by atoms with van der Waals surface area (Å²) in [7, 11) is 0. The molecule has 2 fully saturated rings. The van der Waals surface area contributed by atoms with Gasteiger partial charge in [0.2, 0.25) is 0 Å². The molecule has 0 amide bonds. The van der Waals surface area contributed by atoms with E-state index in [1.807, 2.05) is 6.07 Å². The van der Waals surface area contributed by atoms with Crippen LogP contribution in [0.2, 0.25) is 0 Å². The van der Waals surface area contributed by atoms with Gasteiger partial charge in [0.25, 0.3) is 0 Å². The van der Waals surface area contributed by atoms with Crippen molar-refractivity contribution < 1.29 is 0 Å². The van der Waals surface area contributed by atoms with Gasteiger partial charge >= 0.3 is 0 Å². The first kappa shape index (κ1) is 19.9. The SMILES string of the molecule is CC(/C=C(/C)Nc1ccccc1)=Nc1cc(C2CCCC2)ccc1C1CCCC1. The number of nitrogens with one attached hydrogen (secondary N) is 1. The molecule has 0 saturated heterocycles. The second-order valence-corrected chi connectivity index (χ2v) is 8.85. The Balaban J connectivity index is 1.60. The maximum absolute atomic E-state index is 5.12. The average Bonchev–Trinajstić information content (AvgIpc) is 3.43. The zero-order valence-corrected chi connectivity index (χ0v) is 18.0. The minimum absolute atomic E-state index is 0.687. The molecule has 0 aromatic heterocycles. The first-order valence-electron chi connectivity index (χ1n) is 11.4. The van der Waals surface area contributed by atoms with Crippen LogP contribution in [-0.4, -0.2) is 5.71 Å². The summed E-state index contributed by atoms with van der Waals surface area (Å²) in [6.07, 6.45) is 12.9. The largest absolute Gasteiger partial charge is 0.359 e. The molecule has 2 aliphatic rings. The van der Waals surface area contributed by atoms with Crippen molar-refractivity contribution in [2.75, 3.05) is 5.32 Å². The number of rotatable bonds is 6. The lowest BCUT2D eigenvalue weighted by molar-refractivity contribution is 0.710. The molecule has 1 N–H and O–H groups in total. The quantitative estimate of drug-likeness (QED) is 0.498. The lowest BCUT2D eigenvalue weighted by Crippen LogP contribution is -2.00. The smallest absolute Gasteiger partial charge is 0.0670 e. The van der Waals surface area contributed by atoms with Crippen LogP contribution in [0.1, 0.15) is 88.2 Å². The van der Waals surface area contributed by atoms with E-state index in [1.165, 1.54) is 68.2 Å². The van der Waals surface area contributed by atoms with Crippen molar-refractivity contribution in [3.8, 4) is 0 Å². The van der Waals surface area contributed by atoms with Crippen molar-refractivity contribution in [1.82, 2.24) is 0 Å². The molecule has 0 heterocycles. The minimum atomic E-state index is 0.687. The van der Waals surface area contributed by atoms with Crippen LogP contribution in [0.4, 0.5) is 11.4 Å². The van der Waals surface area contributed by atoms with Gasteiger partial charge in [0.15, 0.2) is 0 Å². The fourth-order valence-electron chi connectivity index (χ4n) is 5.07. The number of hydrogen-bond acceptors (Lipinski definition) is 2. The Morgan fingerprint density at radius 2 is 1.52 bits per heavy atom. The third kappa shape index (κ3) is 5.18. The summed E-state index contributed by atoms with van der Waals surface area (Å²) in [6, 6.07) is 17.5. The lowest BCUT2D eigenvalue weighted by atomic mass is 9.90. The molecule has 2 aliphatic carbocycles. The summed E-state index contributed by atoms with van der Waals surface area (Å²) < 4.78 is 0. The van der Waals surface area contributed by atoms with Gasteiger partial charge in [-0.15, -0.1) is 0 Å². The van der Waals surface area contributed by atoms with Gasteiger partial charge in [-0.2, -0.15) is 0 Å². The maximum atomic E-state index is 5.12. The molecular formula is C27H34N2. The Morgan fingerprint density at radius 3 is 2.21 bits per heavy atom. The summed E-state index contributed by atoms with van der Waals surface area (Å²) in [5.41, 5.74) is 7.47. The highest BCUT2D eigenvalue weighted by Crippen LogP contribution is 2.42. The summed E-state index contributed by atoms with van der Waals surface area (Å²) in [5.74, 6) is 1.42. The topological polar surface area (TPSA) is 24.4 Å². The number of benzene rings is 2. The Labute approximate surface area is 176 Å². The van der Waals surface area contributed by atoms with E-state index in [0.29, 0.717) is 5.92 Å². The summed E-state index contributed by atoms with van der Waals surface area (Å²) in [5, 5.41) is 3.46. The molecule has 0 aliphatic heterocycles. The van der Waals surface area contributed by atoms with Crippen LogP contribution in [-0.2, 0) is 0 Å². The van der Waals surface area contributed by atoms with E-state index < -0.39 is 0 Å².